The summed E-state index contributed by atoms with van der Waals surface area (Å²) in [6.45, 7) is 5.02. The van der Waals surface area contributed by atoms with E-state index in [4.69, 9.17) is 39.5 Å². The van der Waals surface area contributed by atoms with Gasteiger partial charge >= 0.3 is 0 Å². The lowest BCUT2D eigenvalue weighted by atomic mass is 10.0. The molecule has 202 valence electrons. The molecule has 0 aliphatic carbocycles. The first-order valence-corrected chi connectivity index (χ1v) is 13.8. The highest BCUT2D eigenvalue weighted by Gasteiger charge is 2.31. The lowest BCUT2D eigenvalue weighted by Gasteiger charge is -2.32. The summed E-state index contributed by atoms with van der Waals surface area (Å²) in [6.07, 6.45) is 1.03. The first-order valence-electron chi connectivity index (χ1n) is 12.7. The molecule has 38 heavy (non-hydrogen) atoms. The Morgan fingerprint density at radius 2 is 1.55 bits per heavy atom. The third-order valence-electron chi connectivity index (χ3n) is 5.96. The van der Waals surface area contributed by atoms with Gasteiger partial charge in [0.2, 0.25) is 11.8 Å². The predicted molar refractivity (Wildman–Crippen MR) is 155 cm³/mol. The van der Waals surface area contributed by atoms with Crippen LogP contribution in [-0.4, -0.2) is 35.9 Å². The van der Waals surface area contributed by atoms with Crippen LogP contribution in [0.25, 0.3) is 0 Å². The first kappa shape index (κ1) is 29.8. The molecular formula is C30H33Cl3N2O3. The highest BCUT2D eigenvalue weighted by atomic mass is 35.5. The molecule has 0 spiro atoms. The van der Waals surface area contributed by atoms with Crippen molar-refractivity contribution in [3.63, 3.8) is 0 Å². The molecule has 0 saturated heterocycles. The summed E-state index contributed by atoms with van der Waals surface area (Å²) in [7, 11) is 0. The van der Waals surface area contributed by atoms with Gasteiger partial charge in [0.1, 0.15) is 11.8 Å². The van der Waals surface area contributed by atoms with Gasteiger partial charge in [-0.3, -0.25) is 9.59 Å². The number of carbonyl (C=O) groups excluding carboxylic acids is 2. The van der Waals surface area contributed by atoms with Crippen molar-refractivity contribution < 1.29 is 14.3 Å². The maximum atomic E-state index is 13.7. The lowest BCUT2D eigenvalue weighted by Crippen LogP contribution is -2.51. The number of ether oxygens (including phenoxy) is 1. The third-order valence-corrected chi connectivity index (χ3v) is 6.92. The highest BCUT2D eigenvalue weighted by molar-refractivity contribution is 6.36. The van der Waals surface area contributed by atoms with Gasteiger partial charge in [0.15, 0.2) is 0 Å². The Bertz CT molecular complexity index is 1170. The zero-order chi connectivity index (χ0) is 27.5. The highest BCUT2D eigenvalue weighted by Crippen LogP contribution is 2.27. The summed E-state index contributed by atoms with van der Waals surface area (Å²) in [5.74, 6) is 0.554. The molecule has 3 rings (SSSR count). The van der Waals surface area contributed by atoms with Crippen LogP contribution in [-0.2, 0) is 22.6 Å². The maximum absolute atomic E-state index is 13.7. The van der Waals surface area contributed by atoms with E-state index in [-0.39, 0.29) is 30.7 Å². The van der Waals surface area contributed by atoms with Gasteiger partial charge < -0.3 is 15.0 Å². The normalized spacial score (nSPS) is 11.7. The Kier molecular flexibility index (Phi) is 11.8. The summed E-state index contributed by atoms with van der Waals surface area (Å²) in [5.41, 5.74) is 1.56. The van der Waals surface area contributed by atoms with Crippen molar-refractivity contribution in [1.29, 1.82) is 0 Å². The smallest absolute Gasteiger partial charge is 0.243 e. The van der Waals surface area contributed by atoms with Gasteiger partial charge in [-0.25, -0.2) is 0 Å². The number of hydrogen-bond donors (Lipinski definition) is 1. The van der Waals surface area contributed by atoms with Crippen molar-refractivity contribution in [3.05, 3.63) is 99.0 Å². The number of nitrogens with one attached hydrogen (secondary N) is 1. The summed E-state index contributed by atoms with van der Waals surface area (Å²) < 4.78 is 5.77. The monoisotopic (exact) mass is 574 g/mol. The summed E-state index contributed by atoms with van der Waals surface area (Å²) in [6, 6.07) is 21.2. The molecule has 3 aromatic rings. The maximum Gasteiger partial charge on any atom is 0.243 e. The average molecular weight is 576 g/mol. The topological polar surface area (TPSA) is 58.6 Å². The molecule has 0 unspecified atom stereocenters. The Morgan fingerprint density at radius 1 is 0.895 bits per heavy atom. The van der Waals surface area contributed by atoms with Gasteiger partial charge in [-0.05, 0) is 54.3 Å². The zero-order valence-electron chi connectivity index (χ0n) is 21.6. The fraction of sp³-hybridized carbons (Fsp3) is 0.333. The SMILES string of the molecule is CC(C)CNC(=O)[C@@H](Cc1ccccc1)N(Cc1c(Cl)cccc1Cl)C(=O)CCCOc1ccc(Cl)cc1. The Labute approximate surface area is 240 Å². The van der Waals surface area contributed by atoms with Gasteiger partial charge in [-0.1, -0.05) is 85.0 Å². The molecule has 5 nitrogen and oxygen atoms in total. The zero-order valence-corrected chi connectivity index (χ0v) is 23.9. The molecule has 0 aliphatic rings. The van der Waals surface area contributed by atoms with E-state index < -0.39 is 6.04 Å². The van der Waals surface area contributed by atoms with Crippen LogP contribution in [0, 0.1) is 5.92 Å². The lowest BCUT2D eigenvalue weighted by molar-refractivity contribution is -0.141. The average Bonchev–Trinajstić information content (AvgIpc) is 2.90. The number of halogens is 3. The van der Waals surface area contributed by atoms with E-state index in [0.717, 1.165) is 5.56 Å². The molecule has 0 bridgehead atoms. The van der Waals surface area contributed by atoms with Gasteiger partial charge in [0, 0.05) is 46.6 Å². The Balaban J connectivity index is 1.83. The predicted octanol–water partition coefficient (Wildman–Crippen LogP) is 7.22. The van der Waals surface area contributed by atoms with Crippen molar-refractivity contribution in [2.75, 3.05) is 13.2 Å². The van der Waals surface area contributed by atoms with Gasteiger partial charge in [-0.2, -0.15) is 0 Å². The molecule has 0 saturated carbocycles. The van der Waals surface area contributed by atoms with Crippen LogP contribution < -0.4 is 10.1 Å². The number of nitrogens with zero attached hydrogens (tertiary/aromatic N) is 1. The molecular weight excluding hydrogens is 543 g/mol. The number of amides is 2. The largest absolute Gasteiger partial charge is 0.494 e. The number of hydrogen-bond acceptors (Lipinski definition) is 3. The second-order valence-electron chi connectivity index (χ2n) is 9.47. The molecule has 0 aromatic heterocycles. The first-order chi connectivity index (χ1) is 18.2. The second-order valence-corrected chi connectivity index (χ2v) is 10.7. The molecule has 0 heterocycles. The summed E-state index contributed by atoms with van der Waals surface area (Å²) in [4.78, 5) is 28.8. The fourth-order valence-corrected chi connectivity index (χ4v) is 4.56. The van der Waals surface area contributed by atoms with Crippen molar-refractivity contribution in [3.8, 4) is 5.75 Å². The molecule has 2 amide bonds. The summed E-state index contributed by atoms with van der Waals surface area (Å²) in [5, 5.41) is 4.53. The molecule has 0 radical (unpaired) electrons. The Morgan fingerprint density at radius 3 is 2.18 bits per heavy atom. The number of carbonyl (C=O) groups is 2. The van der Waals surface area contributed by atoms with Crippen molar-refractivity contribution in [1.82, 2.24) is 10.2 Å². The minimum atomic E-state index is -0.742. The molecule has 0 aliphatic heterocycles. The minimum Gasteiger partial charge on any atom is -0.494 e. The van der Waals surface area contributed by atoms with Crippen LogP contribution in [0.15, 0.2) is 72.8 Å². The molecule has 8 heteroatoms. The molecule has 1 N–H and O–H groups in total. The van der Waals surface area contributed by atoms with E-state index in [2.05, 4.69) is 5.32 Å². The van der Waals surface area contributed by atoms with Gasteiger partial charge in [-0.15, -0.1) is 0 Å². The number of benzene rings is 3. The van der Waals surface area contributed by atoms with Crippen LogP contribution in [0.4, 0.5) is 0 Å². The van der Waals surface area contributed by atoms with E-state index in [0.29, 0.717) is 52.4 Å². The fourth-order valence-electron chi connectivity index (χ4n) is 3.92. The van der Waals surface area contributed by atoms with E-state index in [1.807, 2.05) is 44.2 Å². The quantitative estimate of drug-likeness (QED) is 0.219. The molecule has 1 atom stereocenters. The van der Waals surface area contributed by atoms with Crippen LogP contribution in [0.2, 0.25) is 15.1 Å². The Hall–Kier alpha value is -2.73. The second kappa shape index (κ2) is 15.0. The van der Waals surface area contributed by atoms with Crippen LogP contribution in [0.5, 0.6) is 5.75 Å². The van der Waals surface area contributed by atoms with Crippen molar-refractivity contribution in [2.24, 2.45) is 5.92 Å². The van der Waals surface area contributed by atoms with E-state index in [9.17, 15) is 9.59 Å². The van der Waals surface area contributed by atoms with Gasteiger partial charge in [0.25, 0.3) is 0 Å². The van der Waals surface area contributed by atoms with E-state index in [1.165, 1.54) is 0 Å². The minimum absolute atomic E-state index is 0.113. The number of rotatable bonds is 13. The van der Waals surface area contributed by atoms with Crippen LogP contribution in [0.3, 0.4) is 0 Å². The molecule has 3 aromatic carbocycles. The van der Waals surface area contributed by atoms with E-state index >= 15 is 0 Å². The van der Waals surface area contributed by atoms with E-state index in [1.54, 1.807) is 47.4 Å². The van der Waals surface area contributed by atoms with Gasteiger partial charge in [0.05, 0.1) is 6.61 Å². The standard InChI is InChI=1S/C30H33Cl3N2O3/c1-21(2)19-34-30(37)28(18-22-8-4-3-5-9-22)35(20-25-26(32)10-6-11-27(25)33)29(36)12-7-17-38-24-15-13-23(31)14-16-24/h3-6,8-11,13-16,21,28H,7,12,17-20H2,1-2H3,(H,34,37)/t28-/m1/s1. The van der Waals surface area contributed by atoms with Crippen molar-refractivity contribution >= 4 is 46.6 Å². The molecule has 0 fully saturated rings. The van der Waals surface area contributed by atoms with Crippen LogP contribution >= 0.6 is 34.8 Å². The van der Waals surface area contributed by atoms with Crippen LogP contribution in [0.1, 0.15) is 37.8 Å². The summed E-state index contributed by atoms with van der Waals surface area (Å²) >= 11 is 18.9. The third kappa shape index (κ3) is 9.23. The van der Waals surface area contributed by atoms with Crippen molar-refractivity contribution in [2.45, 2.75) is 45.7 Å².